The molecule has 1 saturated heterocycles. The zero-order valence-corrected chi connectivity index (χ0v) is 11.0. The van der Waals surface area contributed by atoms with E-state index in [4.69, 9.17) is 4.74 Å². The van der Waals surface area contributed by atoms with Crippen LogP contribution in [0.15, 0.2) is 36.4 Å². The van der Waals surface area contributed by atoms with Gasteiger partial charge in [0, 0.05) is 6.61 Å². The van der Waals surface area contributed by atoms with Crippen LogP contribution in [0.4, 0.5) is 0 Å². The second-order valence-corrected chi connectivity index (χ2v) is 4.87. The topological polar surface area (TPSA) is 21.3 Å². The van der Waals surface area contributed by atoms with Gasteiger partial charge in [-0.05, 0) is 43.8 Å². The minimum atomic E-state index is 0.722. The fourth-order valence-corrected chi connectivity index (χ4v) is 2.32. The van der Waals surface area contributed by atoms with Crippen molar-refractivity contribution in [2.45, 2.75) is 19.3 Å². The number of hydrogen-bond acceptors (Lipinski definition) is 2. The fraction of sp³-hybridized carbons (Fsp3) is 0.500. The second kappa shape index (κ2) is 8.06. The lowest BCUT2D eigenvalue weighted by molar-refractivity contribution is 0.139. The van der Waals surface area contributed by atoms with Crippen LogP contribution >= 0.6 is 0 Å². The van der Waals surface area contributed by atoms with E-state index in [1.807, 2.05) is 6.07 Å². The van der Waals surface area contributed by atoms with E-state index in [0.717, 1.165) is 19.1 Å². The number of rotatable bonds is 6. The Morgan fingerprint density at radius 2 is 1.94 bits per heavy atom. The summed E-state index contributed by atoms with van der Waals surface area (Å²) in [4.78, 5) is 0. The molecule has 1 aromatic carbocycles. The smallest absolute Gasteiger partial charge is 0.0650 e. The Bertz CT molecular complexity index is 341. The third kappa shape index (κ3) is 5.03. The maximum atomic E-state index is 5.65. The van der Waals surface area contributed by atoms with Crippen LogP contribution in [0, 0.1) is 5.92 Å². The van der Waals surface area contributed by atoms with E-state index in [0.29, 0.717) is 0 Å². The fourth-order valence-electron chi connectivity index (χ4n) is 2.32. The molecule has 2 rings (SSSR count). The first kappa shape index (κ1) is 13.3. The van der Waals surface area contributed by atoms with Crippen molar-refractivity contribution in [3.63, 3.8) is 0 Å². The molecule has 0 bridgehead atoms. The Morgan fingerprint density at radius 1 is 1.17 bits per heavy atom. The first-order valence-corrected chi connectivity index (χ1v) is 6.95. The SMILES string of the molecule is C(=Cc1ccccc1)COCCC1CCNCC1. The quantitative estimate of drug-likeness (QED) is 0.778. The highest BCUT2D eigenvalue weighted by molar-refractivity contribution is 5.48. The lowest BCUT2D eigenvalue weighted by atomic mass is 9.95. The molecule has 18 heavy (non-hydrogen) atoms. The van der Waals surface area contributed by atoms with E-state index in [-0.39, 0.29) is 0 Å². The molecule has 98 valence electrons. The Balaban J connectivity index is 1.54. The number of nitrogens with one attached hydrogen (secondary N) is 1. The van der Waals surface area contributed by atoms with Gasteiger partial charge in [-0.2, -0.15) is 0 Å². The molecule has 1 aromatic rings. The number of hydrogen-bond donors (Lipinski definition) is 1. The molecule has 0 unspecified atom stereocenters. The van der Waals surface area contributed by atoms with Gasteiger partial charge in [0.05, 0.1) is 6.61 Å². The van der Waals surface area contributed by atoms with Gasteiger partial charge in [-0.25, -0.2) is 0 Å². The van der Waals surface area contributed by atoms with Crippen molar-refractivity contribution >= 4 is 6.08 Å². The zero-order chi connectivity index (χ0) is 12.5. The minimum absolute atomic E-state index is 0.722. The summed E-state index contributed by atoms with van der Waals surface area (Å²) in [6.07, 6.45) is 8.04. The molecule has 2 nitrogen and oxygen atoms in total. The highest BCUT2D eigenvalue weighted by Gasteiger charge is 2.11. The average Bonchev–Trinajstić information content (AvgIpc) is 2.45. The van der Waals surface area contributed by atoms with Crippen molar-refractivity contribution in [1.82, 2.24) is 5.32 Å². The molecule has 0 aliphatic carbocycles. The summed E-state index contributed by atoms with van der Waals surface area (Å²) in [5.41, 5.74) is 1.24. The molecule has 0 atom stereocenters. The monoisotopic (exact) mass is 245 g/mol. The predicted octanol–water partition coefficient (Wildman–Crippen LogP) is 3.11. The van der Waals surface area contributed by atoms with Gasteiger partial charge in [-0.3, -0.25) is 0 Å². The summed E-state index contributed by atoms with van der Waals surface area (Å²) in [6, 6.07) is 10.3. The summed E-state index contributed by atoms with van der Waals surface area (Å²) in [5, 5.41) is 3.39. The van der Waals surface area contributed by atoms with Crippen molar-refractivity contribution in [2.75, 3.05) is 26.3 Å². The van der Waals surface area contributed by atoms with Gasteiger partial charge in [0.2, 0.25) is 0 Å². The Labute approximate surface area is 110 Å². The Kier molecular flexibility index (Phi) is 5.97. The summed E-state index contributed by atoms with van der Waals surface area (Å²) < 4.78 is 5.65. The molecule has 1 fully saturated rings. The summed E-state index contributed by atoms with van der Waals surface area (Å²) >= 11 is 0. The van der Waals surface area contributed by atoms with Crippen LogP contribution < -0.4 is 5.32 Å². The van der Waals surface area contributed by atoms with E-state index < -0.39 is 0 Å². The number of benzene rings is 1. The van der Waals surface area contributed by atoms with Crippen molar-refractivity contribution in [3.05, 3.63) is 42.0 Å². The summed E-state index contributed by atoms with van der Waals surface area (Å²) in [7, 11) is 0. The van der Waals surface area contributed by atoms with Crippen molar-refractivity contribution in [2.24, 2.45) is 5.92 Å². The average molecular weight is 245 g/mol. The van der Waals surface area contributed by atoms with E-state index in [9.17, 15) is 0 Å². The first-order chi connectivity index (χ1) is 8.95. The van der Waals surface area contributed by atoms with Gasteiger partial charge in [-0.15, -0.1) is 0 Å². The zero-order valence-electron chi connectivity index (χ0n) is 11.0. The minimum Gasteiger partial charge on any atom is -0.377 e. The van der Waals surface area contributed by atoms with E-state index in [1.165, 1.54) is 37.9 Å². The van der Waals surface area contributed by atoms with E-state index >= 15 is 0 Å². The van der Waals surface area contributed by atoms with Crippen LogP contribution in [0.3, 0.4) is 0 Å². The van der Waals surface area contributed by atoms with Gasteiger partial charge in [0.1, 0.15) is 0 Å². The molecular weight excluding hydrogens is 222 g/mol. The van der Waals surface area contributed by atoms with Crippen LogP contribution in [0.2, 0.25) is 0 Å². The maximum Gasteiger partial charge on any atom is 0.0650 e. The van der Waals surface area contributed by atoms with Crippen LogP contribution in [0.25, 0.3) is 6.08 Å². The van der Waals surface area contributed by atoms with Gasteiger partial charge in [-0.1, -0.05) is 42.5 Å². The normalized spacial score (nSPS) is 17.3. The Hall–Kier alpha value is -1.12. The van der Waals surface area contributed by atoms with Gasteiger partial charge in [0.25, 0.3) is 0 Å². The van der Waals surface area contributed by atoms with Crippen molar-refractivity contribution < 1.29 is 4.74 Å². The van der Waals surface area contributed by atoms with Crippen molar-refractivity contribution in [1.29, 1.82) is 0 Å². The molecule has 2 heteroatoms. The second-order valence-electron chi connectivity index (χ2n) is 4.87. The van der Waals surface area contributed by atoms with Gasteiger partial charge in [0.15, 0.2) is 0 Å². The highest BCUT2D eigenvalue weighted by Crippen LogP contribution is 2.15. The van der Waals surface area contributed by atoms with Crippen LogP contribution in [-0.4, -0.2) is 26.3 Å². The molecule has 1 heterocycles. The van der Waals surface area contributed by atoms with Crippen molar-refractivity contribution in [3.8, 4) is 0 Å². The van der Waals surface area contributed by atoms with E-state index in [2.05, 4.69) is 41.7 Å². The molecule has 0 radical (unpaired) electrons. The van der Waals surface area contributed by atoms with Crippen LogP contribution in [0.1, 0.15) is 24.8 Å². The first-order valence-electron chi connectivity index (χ1n) is 6.95. The molecule has 0 saturated carbocycles. The molecule has 1 aliphatic rings. The molecule has 1 N–H and O–H groups in total. The summed E-state index contributed by atoms with van der Waals surface area (Å²) in [6.45, 7) is 3.97. The molecular formula is C16H23NO. The molecule has 0 amide bonds. The van der Waals surface area contributed by atoms with E-state index in [1.54, 1.807) is 0 Å². The number of ether oxygens (including phenoxy) is 1. The van der Waals surface area contributed by atoms with Crippen LogP contribution in [0.5, 0.6) is 0 Å². The lowest BCUT2D eigenvalue weighted by Gasteiger charge is -2.22. The lowest BCUT2D eigenvalue weighted by Crippen LogP contribution is -2.28. The molecule has 0 aromatic heterocycles. The molecule has 1 aliphatic heterocycles. The number of piperidine rings is 1. The standard InChI is InChI=1S/C16H23NO/c1-2-5-15(6-3-1)7-4-13-18-14-10-16-8-11-17-12-9-16/h1-7,16-17H,8-14H2. The predicted molar refractivity (Wildman–Crippen MR) is 76.5 cm³/mol. The summed E-state index contributed by atoms with van der Waals surface area (Å²) in [5.74, 6) is 0.865. The van der Waals surface area contributed by atoms with Gasteiger partial charge >= 0.3 is 0 Å². The largest absolute Gasteiger partial charge is 0.377 e. The third-order valence-electron chi connectivity index (χ3n) is 3.45. The molecule has 0 spiro atoms. The third-order valence-corrected chi connectivity index (χ3v) is 3.45. The maximum absolute atomic E-state index is 5.65. The highest BCUT2D eigenvalue weighted by atomic mass is 16.5. The van der Waals surface area contributed by atoms with Crippen LogP contribution in [-0.2, 0) is 4.74 Å². The Morgan fingerprint density at radius 3 is 2.72 bits per heavy atom. The van der Waals surface area contributed by atoms with Gasteiger partial charge < -0.3 is 10.1 Å².